The molecule has 2 fully saturated rings. The van der Waals surface area contributed by atoms with Gasteiger partial charge in [-0.15, -0.1) is 0 Å². The Morgan fingerprint density at radius 1 is 1.03 bits per heavy atom. The van der Waals surface area contributed by atoms with E-state index >= 15 is 0 Å². The number of amides is 2. The summed E-state index contributed by atoms with van der Waals surface area (Å²) in [6, 6.07) is 9.13. The number of carbonyl (C=O) groups excluding carboxylic acids is 2. The number of rotatable bonds is 6. The van der Waals surface area contributed by atoms with Gasteiger partial charge < -0.3 is 19.5 Å². The highest BCUT2D eigenvalue weighted by Crippen LogP contribution is 2.34. The standard InChI is InChI=1S/C27H38N2O2.C6H13NO/c1-18-11-21(13-22(12-18)27(3,4)5)25-14-24(26(30)28-23-16-31-17-23)19(2)29(25)15-20-9-7-6-8-10-20;1-6(2,3)7(4)5-8/h11-14,20,23H,6-10,15-17H2,1-5H3,(H,28,30);5H,1-4H3. The van der Waals surface area contributed by atoms with Crippen LogP contribution in [0.3, 0.4) is 0 Å². The molecule has 0 unspecified atom stereocenters. The molecule has 1 N–H and O–H groups in total. The van der Waals surface area contributed by atoms with Crippen molar-refractivity contribution >= 4 is 12.3 Å². The van der Waals surface area contributed by atoms with E-state index in [1.807, 2.05) is 20.8 Å². The van der Waals surface area contributed by atoms with Crippen molar-refractivity contribution < 1.29 is 14.3 Å². The molecular weight excluding hydrogens is 486 g/mol. The average molecular weight is 538 g/mol. The van der Waals surface area contributed by atoms with Gasteiger partial charge in [-0.05, 0) is 88.1 Å². The van der Waals surface area contributed by atoms with Crippen LogP contribution in [0, 0.1) is 19.8 Å². The summed E-state index contributed by atoms with van der Waals surface area (Å²) < 4.78 is 7.66. The predicted octanol–water partition coefficient (Wildman–Crippen LogP) is 6.65. The summed E-state index contributed by atoms with van der Waals surface area (Å²) in [6.45, 7) is 19.3. The Morgan fingerprint density at radius 3 is 2.15 bits per heavy atom. The number of aromatic nitrogens is 1. The van der Waals surface area contributed by atoms with Crippen LogP contribution in [0.5, 0.6) is 0 Å². The van der Waals surface area contributed by atoms with Crippen molar-refractivity contribution in [1.82, 2.24) is 14.8 Å². The fraction of sp³-hybridized carbons (Fsp3) is 0.636. The van der Waals surface area contributed by atoms with Crippen LogP contribution in [0.15, 0.2) is 24.3 Å². The van der Waals surface area contributed by atoms with Gasteiger partial charge in [0, 0.05) is 30.5 Å². The van der Waals surface area contributed by atoms with Crippen LogP contribution >= 0.6 is 0 Å². The molecule has 2 aromatic rings. The molecular formula is C33H51N3O3. The van der Waals surface area contributed by atoms with Crippen LogP contribution in [-0.2, 0) is 21.5 Å². The van der Waals surface area contributed by atoms with Crippen LogP contribution in [0.2, 0.25) is 0 Å². The molecule has 0 atom stereocenters. The van der Waals surface area contributed by atoms with E-state index in [2.05, 4.69) is 68.8 Å². The summed E-state index contributed by atoms with van der Waals surface area (Å²) in [4.78, 5) is 24.8. The lowest BCUT2D eigenvalue weighted by atomic mass is 9.84. The number of nitrogens with one attached hydrogen (secondary N) is 1. The Labute approximate surface area is 236 Å². The monoisotopic (exact) mass is 537 g/mol. The van der Waals surface area contributed by atoms with Crippen molar-refractivity contribution in [2.75, 3.05) is 20.3 Å². The molecule has 1 aliphatic carbocycles. The molecule has 1 saturated heterocycles. The molecule has 216 valence electrons. The fourth-order valence-corrected chi connectivity index (χ4v) is 5.08. The molecule has 0 bridgehead atoms. The molecule has 6 heteroatoms. The van der Waals surface area contributed by atoms with E-state index in [1.54, 1.807) is 11.9 Å². The van der Waals surface area contributed by atoms with Gasteiger partial charge in [-0.2, -0.15) is 0 Å². The Bertz CT molecular complexity index is 1130. The number of hydrogen-bond donors (Lipinski definition) is 1. The molecule has 6 nitrogen and oxygen atoms in total. The SMILES string of the molecule is CN(C=O)C(C)(C)C.Cc1cc(-c2cc(C(=O)NC3COC3)c(C)n2CC2CCCCC2)cc(C(C)(C)C)c1. The van der Waals surface area contributed by atoms with E-state index in [0.29, 0.717) is 19.1 Å². The second kappa shape index (κ2) is 12.7. The normalized spacial score (nSPS) is 16.6. The maximum Gasteiger partial charge on any atom is 0.253 e. The maximum atomic E-state index is 13.1. The maximum absolute atomic E-state index is 13.1. The molecule has 2 aliphatic rings. The minimum atomic E-state index is -0.0260. The van der Waals surface area contributed by atoms with Crippen molar-refractivity contribution in [1.29, 1.82) is 0 Å². The summed E-state index contributed by atoms with van der Waals surface area (Å²) >= 11 is 0. The Kier molecular flexibility index (Phi) is 10.1. The van der Waals surface area contributed by atoms with Crippen molar-refractivity contribution in [2.45, 2.75) is 111 Å². The Hall–Kier alpha value is -2.60. The zero-order chi connectivity index (χ0) is 29.0. The number of aryl methyl sites for hydroxylation is 1. The van der Waals surface area contributed by atoms with Crippen LogP contribution in [0.1, 0.15) is 101 Å². The number of ether oxygens (including phenoxy) is 1. The van der Waals surface area contributed by atoms with Crippen LogP contribution in [-0.4, -0.2) is 53.6 Å². The summed E-state index contributed by atoms with van der Waals surface area (Å²) in [7, 11) is 1.77. The van der Waals surface area contributed by atoms with E-state index in [1.165, 1.54) is 54.5 Å². The third-order valence-electron chi connectivity index (χ3n) is 8.21. The summed E-state index contributed by atoms with van der Waals surface area (Å²) in [5.74, 6) is 0.722. The van der Waals surface area contributed by atoms with Crippen LogP contribution < -0.4 is 5.32 Å². The number of carbonyl (C=O) groups is 2. The van der Waals surface area contributed by atoms with Crippen molar-refractivity contribution in [3.8, 4) is 11.3 Å². The van der Waals surface area contributed by atoms with Gasteiger partial charge in [0.25, 0.3) is 5.91 Å². The molecule has 1 aliphatic heterocycles. The van der Waals surface area contributed by atoms with E-state index in [-0.39, 0.29) is 22.9 Å². The topological polar surface area (TPSA) is 63.6 Å². The van der Waals surface area contributed by atoms with Gasteiger partial charge in [0.05, 0.1) is 24.8 Å². The molecule has 0 radical (unpaired) electrons. The highest BCUT2D eigenvalue weighted by Gasteiger charge is 2.26. The van der Waals surface area contributed by atoms with Gasteiger partial charge in [-0.25, -0.2) is 0 Å². The first-order chi connectivity index (χ1) is 18.2. The molecule has 0 spiro atoms. The fourth-order valence-electron chi connectivity index (χ4n) is 5.08. The van der Waals surface area contributed by atoms with Gasteiger partial charge in [-0.1, -0.05) is 51.7 Å². The van der Waals surface area contributed by atoms with E-state index in [9.17, 15) is 9.59 Å². The largest absolute Gasteiger partial charge is 0.377 e. The third-order valence-corrected chi connectivity index (χ3v) is 8.21. The van der Waals surface area contributed by atoms with Crippen molar-refractivity contribution in [3.63, 3.8) is 0 Å². The van der Waals surface area contributed by atoms with E-state index in [4.69, 9.17) is 4.74 Å². The van der Waals surface area contributed by atoms with Crippen molar-refractivity contribution in [3.05, 3.63) is 46.6 Å². The van der Waals surface area contributed by atoms with Crippen LogP contribution in [0.25, 0.3) is 11.3 Å². The van der Waals surface area contributed by atoms with Gasteiger partial charge in [0.1, 0.15) is 0 Å². The molecule has 1 saturated carbocycles. The lowest BCUT2D eigenvalue weighted by Crippen LogP contribution is -2.48. The summed E-state index contributed by atoms with van der Waals surface area (Å²) in [6.07, 6.45) is 7.43. The summed E-state index contributed by atoms with van der Waals surface area (Å²) in [5, 5.41) is 3.14. The zero-order valence-electron chi connectivity index (χ0n) is 25.8. The molecule has 39 heavy (non-hydrogen) atoms. The summed E-state index contributed by atoms with van der Waals surface area (Å²) in [5.41, 5.74) is 6.94. The van der Waals surface area contributed by atoms with Gasteiger partial charge in [0.2, 0.25) is 6.41 Å². The second-order valence-electron chi connectivity index (χ2n) is 13.6. The first-order valence-electron chi connectivity index (χ1n) is 14.6. The minimum absolute atomic E-state index is 0.0260. The Morgan fingerprint density at radius 2 is 1.67 bits per heavy atom. The smallest absolute Gasteiger partial charge is 0.253 e. The lowest BCUT2D eigenvalue weighted by Gasteiger charge is -2.27. The highest BCUT2D eigenvalue weighted by atomic mass is 16.5. The van der Waals surface area contributed by atoms with Crippen LogP contribution in [0.4, 0.5) is 0 Å². The van der Waals surface area contributed by atoms with Gasteiger partial charge >= 0.3 is 0 Å². The lowest BCUT2D eigenvalue weighted by molar-refractivity contribution is -0.120. The number of hydrogen-bond acceptors (Lipinski definition) is 3. The third kappa shape index (κ3) is 8.20. The quantitative estimate of drug-likeness (QED) is 0.420. The zero-order valence-corrected chi connectivity index (χ0v) is 25.8. The molecule has 4 rings (SSSR count). The molecule has 2 amide bonds. The first-order valence-corrected chi connectivity index (χ1v) is 14.6. The Balaban J connectivity index is 0.000000459. The average Bonchev–Trinajstić information content (AvgIpc) is 3.16. The minimum Gasteiger partial charge on any atom is -0.377 e. The predicted molar refractivity (Wildman–Crippen MR) is 160 cm³/mol. The molecule has 1 aromatic heterocycles. The molecule has 1 aromatic carbocycles. The first kappa shape index (κ1) is 30.9. The van der Waals surface area contributed by atoms with E-state index in [0.717, 1.165) is 24.2 Å². The number of benzene rings is 1. The molecule has 2 heterocycles. The van der Waals surface area contributed by atoms with Gasteiger partial charge in [0.15, 0.2) is 0 Å². The van der Waals surface area contributed by atoms with E-state index < -0.39 is 0 Å². The second-order valence-corrected chi connectivity index (χ2v) is 13.6. The highest BCUT2D eigenvalue weighted by molar-refractivity contribution is 5.97. The van der Waals surface area contributed by atoms with Crippen molar-refractivity contribution in [2.24, 2.45) is 5.92 Å². The van der Waals surface area contributed by atoms with Gasteiger partial charge in [-0.3, -0.25) is 9.59 Å². The number of nitrogens with zero attached hydrogens (tertiary/aromatic N) is 2.